The van der Waals surface area contributed by atoms with Gasteiger partial charge in [0.15, 0.2) is 0 Å². The first-order valence-corrected chi connectivity index (χ1v) is 8.95. The summed E-state index contributed by atoms with van der Waals surface area (Å²) in [5.41, 5.74) is 3.32. The first-order chi connectivity index (χ1) is 12.0. The Morgan fingerprint density at radius 1 is 1.20 bits per heavy atom. The third kappa shape index (κ3) is 4.09. The van der Waals surface area contributed by atoms with E-state index < -0.39 is 0 Å². The maximum Gasteiger partial charge on any atom is 0.255 e. The normalized spacial score (nSPS) is 10.9. The molecule has 0 fully saturated rings. The predicted molar refractivity (Wildman–Crippen MR) is 101 cm³/mol. The van der Waals surface area contributed by atoms with E-state index in [1.54, 1.807) is 28.8 Å². The van der Waals surface area contributed by atoms with Crippen molar-refractivity contribution in [3.63, 3.8) is 0 Å². The summed E-state index contributed by atoms with van der Waals surface area (Å²) in [7, 11) is 0. The second kappa shape index (κ2) is 7.53. The van der Waals surface area contributed by atoms with Crippen molar-refractivity contribution in [1.29, 1.82) is 0 Å². The second-order valence-corrected chi connectivity index (χ2v) is 7.58. The van der Waals surface area contributed by atoms with Gasteiger partial charge in [0.05, 0.1) is 11.4 Å². The minimum Gasteiger partial charge on any atom is -0.321 e. The maximum atomic E-state index is 12.6. The third-order valence-electron chi connectivity index (χ3n) is 3.62. The van der Waals surface area contributed by atoms with Crippen LogP contribution in [0.25, 0.3) is 5.69 Å². The summed E-state index contributed by atoms with van der Waals surface area (Å²) in [4.78, 5) is 17.7. The average Bonchev–Trinajstić information content (AvgIpc) is 3.10. The third-order valence-corrected chi connectivity index (χ3v) is 4.70. The highest BCUT2D eigenvalue weighted by molar-refractivity contribution is 8.00. The number of nitrogens with one attached hydrogen (secondary N) is 1. The van der Waals surface area contributed by atoms with Gasteiger partial charge in [-0.1, -0.05) is 26.0 Å². The van der Waals surface area contributed by atoms with Crippen LogP contribution in [0.3, 0.4) is 0 Å². The van der Waals surface area contributed by atoms with Gasteiger partial charge in [-0.25, -0.2) is 9.67 Å². The summed E-state index contributed by atoms with van der Waals surface area (Å²) in [6.45, 7) is 6.22. The number of amides is 1. The van der Waals surface area contributed by atoms with E-state index in [0.717, 1.165) is 21.8 Å². The molecule has 1 amide bonds. The van der Waals surface area contributed by atoms with Gasteiger partial charge in [0.1, 0.15) is 12.7 Å². The largest absolute Gasteiger partial charge is 0.321 e. The molecule has 0 bridgehead atoms. The molecule has 0 unspecified atom stereocenters. The molecule has 0 atom stereocenters. The van der Waals surface area contributed by atoms with E-state index in [0.29, 0.717) is 10.8 Å². The summed E-state index contributed by atoms with van der Waals surface area (Å²) >= 11 is 1.73. The average molecular weight is 352 g/mol. The van der Waals surface area contributed by atoms with E-state index >= 15 is 0 Å². The summed E-state index contributed by atoms with van der Waals surface area (Å²) in [5, 5.41) is 7.60. The number of carbonyl (C=O) groups excluding carboxylic acids is 1. The van der Waals surface area contributed by atoms with Crippen LogP contribution in [0.15, 0.2) is 60.0 Å². The van der Waals surface area contributed by atoms with E-state index in [1.807, 2.05) is 43.3 Å². The number of para-hydroxylation sites is 1. The molecule has 128 valence electrons. The van der Waals surface area contributed by atoms with Crippen LogP contribution in [-0.4, -0.2) is 25.9 Å². The van der Waals surface area contributed by atoms with Crippen LogP contribution in [0.4, 0.5) is 5.69 Å². The molecule has 25 heavy (non-hydrogen) atoms. The monoisotopic (exact) mass is 352 g/mol. The SMILES string of the molecule is Cc1cc(C(=O)Nc2ccccc2SC(C)C)ccc1-n1cncn1. The van der Waals surface area contributed by atoms with Crippen LogP contribution in [-0.2, 0) is 0 Å². The van der Waals surface area contributed by atoms with Crippen LogP contribution in [0, 0.1) is 6.92 Å². The zero-order valence-corrected chi connectivity index (χ0v) is 15.2. The van der Waals surface area contributed by atoms with Crippen molar-refractivity contribution in [1.82, 2.24) is 14.8 Å². The highest BCUT2D eigenvalue weighted by atomic mass is 32.2. The lowest BCUT2D eigenvalue weighted by atomic mass is 10.1. The van der Waals surface area contributed by atoms with Crippen molar-refractivity contribution in [2.45, 2.75) is 30.9 Å². The number of benzene rings is 2. The van der Waals surface area contributed by atoms with Gasteiger partial charge < -0.3 is 5.32 Å². The van der Waals surface area contributed by atoms with E-state index in [1.165, 1.54) is 6.33 Å². The number of rotatable bonds is 5. The molecule has 2 aromatic carbocycles. The van der Waals surface area contributed by atoms with E-state index in [9.17, 15) is 4.79 Å². The van der Waals surface area contributed by atoms with Crippen LogP contribution >= 0.6 is 11.8 Å². The van der Waals surface area contributed by atoms with Gasteiger partial charge in [-0.15, -0.1) is 11.8 Å². The topological polar surface area (TPSA) is 59.8 Å². The second-order valence-electron chi connectivity index (χ2n) is 5.96. The van der Waals surface area contributed by atoms with Crippen molar-refractivity contribution in [3.05, 3.63) is 66.2 Å². The molecule has 1 heterocycles. The van der Waals surface area contributed by atoms with Crippen molar-refractivity contribution in [2.75, 3.05) is 5.32 Å². The molecule has 1 N–H and O–H groups in total. The van der Waals surface area contributed by atoms with E-state index in [-0.39, 0.29) is 5.91 Å². The number of anilines is 1. The van der Waals surface area contributed by atoms with Gasteiger partial charge in [-0.05, 0) is 42.8 Å². The summed E-state index contributed by atoms with van der Waals surface area (Å²) < 4.78 is 1.69. The molecular weight excluding hydrogens is 332 g/mol. The minimum atomic E-state index is -0.120. The number of aryl methyl sites for hydroxylation is 1. The molecule has 0 radical (unpaired) electrons. The first kappa shape index (κ1) is 17.2. The molecule has 0 aliphatic carbocycles. The van der Waals surface area contributed by atoms with Gasteiger partial charge in [-0.2, -0.15) is 5.10 Å². The van der Waals surface area contributed by atoms with Crippen LogP contribution in [0.1, 0.15) is 29.8 Å². The molecule has 3 rings (SSSR count). The molecule has 3 aromatic rings. The number of hydrogen-bond acceptors (Lipinski definition) is 4. The van der Waals surface area contributed by atoms with Gasteiger partial charge >= 0.3 is 0 Å². The van der Waals surface area contributed by atoms with Crippen LogP contribution < -0.4 is 5.32 Å². The smallest absolute Gasteiger partial charge is 0.255 e. The standard InChI is InChI=1S/C19H20N4OS/c1-13(2)25-18-7-5-4-6-16(18)22-19(24)15-8-9-17(14(3)10-15)23-12-20-11-21-23/h4-13H,1-3H3,(H,22,24). The fourth-order valence-electron chi connectivity index (χ4n) is 2.51. The summed E-state index contributed by atoms with van der Waals surface area (Å²) in [6, 6.07) is 13.4. The molecule has 0 aliphatic rings. The van der Waals surface area contributed by atoms with Gasteiger partial charge in [0.2, 0.25) is 0 Å². The quantitative estimate of drug-likeness (QED) is 0.694. The Labute approximate surface area is 151 Å². The fourth-order valence-corrected chi connectivity index (χ4v) is 3.42. The lowest BCUT2D eigenvalue weighted by Crippen LogP contribution is -2.13. The molecule has 0 saturated heterocycles. The number of aromatic nitrogens is 3. The Bertz CT molecular complexity index is 875. The van der Waals surface area contributed by atoms with Crippen LogP contribution in [0.2, 0.25) is 0 Å². The number of carbonyl (C=O) groups is 1. The molecule has 5 nitrogen and oxygen atoms in total. The van der Waals surface area contributed by atoms with Gasteiger partial charge in [-0.3, -0.25) is 4.79 Å². The Morgan fingerprint density at radius 2 is 2.00 bits per heavy atom. The Kier molecular flexibility index (Phi) is 5.19. The Morgan fingerprint density at radius 3 is 2.68 bits per heavy atom. The van der Waals surface area contributed by atoms with Crippen molar-refractivity contribution in [3.8, 4) is 5.69 Å². The first-order valence-electron chi connectivity index (χ1n) is 8.07. The Hall–Kier alpha value is -2.60. The molecule has 0 spiro atoms. The van der Waals surface area contributed by atoms with Crippen molar-refractivity contribution < 1.29 is 4.79 Å². The molecular formula is C19H20N4OS. The molecule has 0 aliphatic heterocycles. The predicted octanol–water partition coefficient (Wildman–Crippen LogP) is 4.33. The summed E-state index contributed by atoms with van der Waals surface area (Å²) in [6.07, 6.45) is 3.13. The number of thioether (sulfide) groups is 1. The highest BCUT2D eigenvalue weighted by Crippen LogP contribution is 2.30. The fraction of sp³-hybridized carbons (Fsp3) is 0.211. The minimum absolute atomic E-state index is 0.120. The zero-order chi connectivity index (χ0) is 17.8. The molecule has 0 saturated carbocycles. The van der Waals surface area contributed by atoms with E-state index in [4.69, 9.17) is 0 Å². The highest BCUT2D eigenvalue weighted by Gasteiger charge is 2.12. The number of nitrogens with zero attached hydrogens (tertiary/aromatic N) is 3. The zero-order valence-electron chi connectivity index (χ0n) is 14.4. The summed E-state index contributed by atoms with van der Waals surface area (Å²) in [5.74, 6) is -0.120. The number of hydrogen-bond donors (Lipinski definition) is 1. The van der Waals surface area contributed by atoms with Crippen molar-refractivity contribution >= 4 is 23.4 Å². The maximum absolute atomic E-state index is 12.6. The Balaban J connectivity index is 1.82. The van der Waals surface area contributed by atoms with Crippen molar-refractivity contribution in [2.24, 2.45) is 0 Å². The van der Waals surface area contributed by atoms with Gasteiger partial charge in [0, 0.05) is 15.7 Å². The lowest BCUT2D eigenvalue weighted by molar-refractivity contribution is 0.102. The lowest BCUT2D eigenvalue weighted by Gasteiger charge is -2.13. The van der Waals surface area contributed by atoms with Crippen LogP contribution in [0.5, 0.6) is 0 Å². The molecule has 1 aromatic heterocycles. The van der Waals surface area contributed by atoms with E-state index in [2.05, 4.69) is 29.2 Å². The molecule has 6 heteroatoms. The van der Waals surface area contributed by atoms with Gasteiger partial charge in [0.25, 0.3) is 5.91 Å².